The normalized spacial score (nSPS) is 10.1. The van der Waals surface area contributed by atoms with Crippen molar-refractivity contribution >= 4 is 17.5 Å². The fourth-order valence-electron chi connectivity index (χ4n) is 1.86. The minimum Gasteiger partial charge on any atom is -0.341 e. The van der Waals surface area contributed by atoms with E-state index >= 15 is 0 Å². The molecule has 0 fully saturated rings. The van der Waals surface area contributed by atoms with Crippen LogP contribution in [-0.4, -0.2) is 22.2 Å². The Balaban J connectivity index is 2.26. The molecule has 0 saturated carbocycles. The molecule has 0 aliphatic rings. The zero-order valence-corrected chi connectivity index (χ0v) is 12.0. The van der Waals surface area contributed by atoms with Crippen molar-refractivity contribution in [2.75, 3.05) is 6.54 Å². The minimum absolute atomic E-state index is 0.194. The molecule has 0 radical (unpaired) electrons. The lowest BCUT2D eigenvalue weighted by atomic mass is 10.2. The Kier molecular flexibility index (Phi) is 4.11. The number of hydrogen-bond donors (Lipinski definition) is 1. The van der Waals surface area contributed by atoms with Gasteiger partial charge in [0, 0.05) is 5.56 Å². The van der Waals surface area contributed by atoms with Crippen molar-refractivity contribution in [1.29, 1.82) is 0 Å². The second kappa shape index (κ2) is 5.81. The molecule has 0 aliphatic heterocycles. The number of halogens is 1. The lowest BCUT2D eigenvalue weighted by Gasteiger charge is -2.06. The van der Waals surface area contributed by atoms with Crippen molar-refractivity contribution < 1.29 is 4.79 Å². The highest BCUT2D eigenvalue weighted by atomic mass is 35.5. The molecule has 0 saturated heterocycles. The minimum atomic E-state index is -0.194. The Bertz CT molecular complexity index is 680. The highest BCUT2D eigenvalue weighted by Gasteiger charge is 2.11. The lowest BCUT2D eigenvalue weighted by Crippen LogP contribution is -2.23. The molecular weight excluding hydrogens is 274 g/mol. The first-order chi connectivity index (χ1) is 9.54. The quantitative estimate of drug-likeness (QED) is 0.882. The van der Waals surface area contributed by atoms with E-state index in [0.29, 0.717) is 10.6 Å². The van der Waals surface area contributed by atoms with Gasteiger partial charge < -0.3 is 5.32 Å². The predicted molar refractivity (Wildman–Crippen MR) is 79.2 cm³/mol. The zero-order valence-electron chi connectivity index (χ0n) is 11.3. The van der Waals surface area contributed by atoms with Gasteiger partial charge in [0.25, 0.3) is 5.91 Å². The first-order valence-corrected chi connectivity index (χ1v) is 6.46. The molecule has 5 heteroatoms. The second-order valence-electron chi connectivity index (χ2n) is 4.33. The summed E-state index contributed by atoms with van der Waals surface area (Å²) in [4.78, 5) is 11.7. The summed E-state index contributed by atoms with van der Waals surface area (Å²) in [5.74, 6) is 2.17. The zero-order chi connectivity index (χ0) is 14.7. The summed E-state index contributed by atoms with van der Waals surface area (Å²) >= 11 is 6.12. The van der Waals surface area contributed by atoms with Crippen molar-refractivity contribution in [3.8, 4) is 18.0 Å². The number of nitrogens with zero attached hydrogens (tertiary/aromatic N) is 2. The van der Waals surface area contributed by atoms with Crippen LogP contribution in [0.3, 0.4) is 0 Å². The molecule has 1 heterocycles. The molecular formula is C15H14ClN3O. The topological polar surface area (TPSA) is 46.9 Å². The average molecular weight is 288 g/mol. The molecule has 0 unspecified atom stereocenters. The number of hydrogen-bond acceptors (Lipinski definition) is 2. The first-order valence-electron chi connectivity index (χ1n) is 6.08. The number of terminal acetylenes is 1. The van der Waals surface area contributed by atoms with Gasteiger partial charge >= 0.3 is 0 Å². The van der Waals surface area contributed by atoms with Crippen LogP contribution in [0.1, 0.15) is 21.7 Å². The highest BCUT2D eigenvalue weighted by Crippen LogP contribution is 2.22. The van der Waals surface area contributed by atoms with Crippen LogP contribution in [0.2, 0.25) is 5.02 Å². The van der Waals surface area contributed by atoms with E-state index in [1.165, 1.54) is 0 Å². The van der Waals surface area contributed by atoms with Crippen LogP contribution in [0.4, 0.5) is 0 Å². The Morgan fingerprint density at radius 1 is 1.40 bits per heavy atom. The smallest absolute Gasteiger partial charge is 0.252 e. The van der Waals surface area contributed by atoms with Gasteiger partial charge in [-0.1, -0.05) is 17.5 Å². The fraction of sp³-hybridized carbons (Fsp3) is 0.200. The van der Waals surface area contributed by atoms with Crippen molar-refractivity contribution in [2.24, 2.45) is 0 Å². The maximum absolute atomic E-state index is 11.7. The van der Waals surface area contributed by atoms with Gasteiger partial charge in [0.2, 0.25) is 0 Å². The Labute approximate surface area is 122 Å². The molecule has 0 atom stereocenters. The molecule has 1 aromatic carbocycles. The number of benzene rings is 1. The second-order valence-corrected chi connectivity index (χ2v) is 4.71. The largest absolute Gasteiger partial charge is 0.341 e. The summed E-state index contributed by atoms with van der Waals surface area (Å²) in [5, 5.41) is 7.63. The maximum Gasteiger partial charge on any atom is 0.252 e. The molecule has 1 amide bonds. The molecule has 102 valence electrons. The van der Waals surface area contributed by atoms with Gasteiger partial charge in [0.1, 0.15) is 0 Å². The Morgan fingerprint density at radius 2 is 2.05 bits per heavy atom. The number of carbonyl (C=O) groups excluding carboxylic acids is 1. The van der Waals surface area contributed by atoms with E-state index in [4.69, 9.17) is 18.0 Å². The first kappa shape index (κ1) is 14.2. The SMILES string of the molecule is C#CCNC(=O)c1ccc(-n2nc(C)c(Cl)c2C)cc1. The van der Waals surface area contributed by atoms with Crippen LogP contribution >= 0.6 is 11.6 Å². The van der Waals surface area contributed by atoms with Crippen LogP contribution in [-0.2, 0) is 0 Å². The lowest BCUT2D eigenvalue weighted by molar-refractivity contribution is 0.0958. The number of aryl methyl sites for hydroxylation is 1. The number of aromatic nitrogens is 2. The molecule has 1 N–H and O–H groups in total. The number of amides is 1. The molecule has 0 bridgehead atoms. The fourth-order valence-corrected chi connectivity index (χ4v) is 1.98. The molecule has 0 spiro atoms. The third-order valence-corrected chi connectivity index (χ3v) is 3.48. The average Bonchev–Trinajstić information content (AvgIpc) is 2.72. The summed E-state index contributed by atoms with van der Waals surface area (Å²) < 4.78 is 1.75. The van der Waals surface area contributed by atoms with Crippen molar-refractivity contribution in [3.63, 3.8) is 0 Å². The van der Waals surface area contributed by atoms with Gasteiger partial charge in [-0.3, -0.25) is 4.79 Å². The van der Waals surface area contributed by atoms with Gasteiger partial charge in [-0.05, 0) is 38.1 Å². The van der Waals surface area contributed by atoms with Gasteiger partial charge in [-0.2, -0.15) is 5.10 Å². The van der Waals surface area contributed by atoms with E-state index in [-0.39, 0.29) is 12.5 Å². The van der Waals surface area contributed by atoms with E-state index in [0.717, 1.165) is 17.1 Å². The highest BCUT2D eigenvalue weighted by molar-refractivity contribution is 6.31. The molecule has 4 nitrogen and oxygen atoms in total. The molecule has 2 aromatic rings. The van der Waals surface area contributed by atoms with Crippen LogP contribution in [0, 0.1) is 26.2 Å². The van der Waals surface area contributed by atoms with Gasteiger partial charge in [-0.15, -0.1) is 6.42 Å². The Hall–Kier alpha value is -2.25. The van der Waals surface area contributed by atoms with Crippen molar-refractivity contribution in [1.82, 2.24) is 15.1 Å². The Morgan fingerprint density at radius 3 is 2.55 bits per heavy atom. The number of carbonyl (C=O) groups is 1. The van der Waals surface area contributed by atoms with E-state index in [1.807, 2.05) is 26.0 Å². The van der Waals surface area contributed by atoms with Crippen LogP contribution < -0.4 is 5.32 Å². The summed E-state index contributed by atoms with van der Waals surface area (Å²) in [7, 11) is 0. The number of nitrogens with one attached hydrogen (secondary N) is 1. The molecule has 2 rings (SSSR count). The third kappa shape index (κ3) is 2.68. The summed E-state index contributed by atoms with van der Waals surface area (Å²) in [5.41, 5.74) is 3.05. The van der Waals surface area contributed by atoms with Crippen LogP contribution in [0.15, 0.2) is 24.3 Å². The van der Waals surface area contributed by atoms with Gasteiger partial charge in [0.15, 0.2) is 0 Å². The van der Waals surface area contributed by atoms with Crippen molar-refractivity contribution in [2.45, 2.75) is 13.8 Å². The van der Waals surface area contributed by atoms with E-state index in [1.54, 1.807) is 16.8 Å². The standard InChI is InChI=1S/C15H14ClN3O/c1-4-9-17-15(20)12-5-7-13(8-6-12)19-11(3)14(16)10(2)18-19/h1,5-8H,9H2,2-3H3,(H,17,20). The van der Waals surface area contributed by atoms with E-state index in [2.05, 4.69) is 16.3 Å². The van der Waals surface area contributed by atoms with E-state index in [9.17, 15) is 4.79 Å². The van der Waals surface area contributed by atoms with Crippen LogP contribution in [0.5, 0.6) is 0 Å². The molecule has 0 aliphatic carbocycles. The molecule has 1 aromatic heterocycles. The van der Waals surface area contributed by atoms with Crippen LogP contribution in [0.25, 0.3) is 5.69 Å². The summed E-state index contributed by atoms with van der Waals surface area (Å²) in [6.45, 7) is 3.97. The van der Waals surface area contributed by atoms with Crippen molar-refractivity contribution in [3.05, 3.63) is 46.2 Å². The summed E-state index contributed by atoms with van der Waals surface area (Å²) in [6.07, 6.45) is 5.10. The maximum atomic E-state index is 11.7. The van der Waals surface area contributed by atoms with Gasteiger partial charge in [-0.25, -0.2) is 4.68 Å². The monoisotopic (exact) mass is 287 g/mol. The van der Waals surface area contributed by atoms with Gasteiger partial charge in [0.05, 0.1) is 28.6 Å². The predicted octanol–water partition coefficient (Wildman–Crippen LogP) is 2.51. The molecule has 20 heavy (non-hydrogen) atoms. The third-order valence-electron chi connectivity index (χ3n) is 2.93. The number of rotatable bonds is 3. The summed E-state index contributed by atoms with van der Waals surface area (Å²) in [6, 6.07) is 7.10. The van der Waals surface area contributed by atoms with E-state index < -0.39 is 0 Å².